The van der Waals surface area contributed by atoms with Gasteiger partial charge in [0.25, 0.3) is 0 Å². The number of thioether (sulfide) groups is 1. The van der Waals surface area contributed by atoms with E-state index < -0.39 is 0 Å². The first-order chi connectivity index (χ1) is 9.66. The Morgan fingerprint density at radius 2 is 2.20 bits per heavy atom. The summed E-state index contributed by atoms with van der Waals surface area (Å²) in [5.74, 6) is 0.0226. The van der Waals surface area contributed by atoms with Crippen LogP contribution in [0, 0.1) is 5.82 Å². The highest BCUT2D eigenvalue weighted by Crippen LogP contribution is 2.43. The van der Waals surface area contributed by atoms with Crippen LogP contribution in [0.25, 0.3) is 0 Å². The SMILES string of the molecule is O=C1CSC(c2c(F)cccc2Cl)N1Cc1cccs1. The molecule has 20 heavy (non-hydrogen) atoms. The van der Waals surface area contributed by atoms with Crippen LogP contribution in [0.3, 0.4) is 0 Å². The summed E-state index contributed by atoms with van der Waals surface area (Å²) in [5, 5.41) is 1.99. The van der Waals surface area contributed by atoms with Gasteiger partial charge in [-0.15, -0.1) is 23.1 Å². The number of hydrogen-bond acceptors (Lipinski definition) is 3. The molecule has 0 aliphatic carbocycles. The molecule has 0 N–H and O–H groups in total. The van der Waals surface area contributed by atoms with Gasteiger partial charge in [-0.2, -0.15) is 0 Å². The highest BCUT2D eigenvalue weighted by Gasteiger charge is 2.35. The van der Waals surface area contributed by atoms with E-state index in [4.69, 9.17) is 11.6 Å². The molecule has 1 aliphatic rings. The van der Waals surface area contributed by atoms with Gasteiger partial charge in [-0.25, -0.2) is 4.39 Å². The van der Waals surface area contributed by atoms with E-state index in [0.29, 0.717) is 22.9 Å². The number of hydrogen-bond donors (Lipinski definition) is 0. The average Bonchev–Trinajstić information content (AvgIpc) is 3.03. The molecule has 104 valence electrons. The van der Waals surface area contributed by atoms with Crippen molar-refractivity contribution < 1.29 is 9.18 Å². The van der Waals surface area contributed by atoms with Gasteiger partial charge in [0.2, 0.25) is 5.91 Å². The van der Waals surface area contributed by atoms with Crippen molar-refractivity contribution in [3.63, 3.8) is 0 Å². The Bertz CT molecular complexity index is 612. The van der Waals surface area contributed by atoms with Crippen molar-refractivity contribution in [1.29, 1.82) is 0 Å². The lowest BCUT2D eigenvalue weighted by Crippen LogP contribution is -2.27. The highest BCUT2D eigenvalue weighted by molar-refractivity contribution is 8.00. The zero-order chi connectivity index (χ0) is 14.1. The second-order valence-electron chi connectivity index (χ2n) is 4.40. The van der Waals surface area contributed by atoms with Crippen LogP contribution >= 0.6 is 34.7 Å². The lowest BCUT2D eigenvalue weighted by atomic mass is 10.2. The van der Waals surface area contributed by atoms with Gasteiger partial charge in [-0.3, -0.25) is 4.79 Å². The van der Waals surface area contributed by atoms with E-state index >= 15 is 0 Å². The smallest absolute Gasteiger partial charge is 0.234 e. The fraction of sp³-hybridized carbons (Fsp3) is 0.214. The zero-order valence-corrected chi connectivity index (χ0v) is 12.8. The third kappa shape index (κ3) is 2.57. The molecule has 1 saturated heterocycles. The molecule has 2 nitrogen and oxygen atoms in total. The molecule has 1 aliphatic heterocycles. The Morgan fingerprint density at radius 1 is 1.35 bits per heavy atom. The third-order valence-corrected chi connectivity index (χ3v) is 5.53. The summed E-state index contributed by atoms with van der Waals surface area (Å²) < 4.78 is 14.0. The van der Waals surface area contributed by atoms with Gasteiger partial charge in [-0.1, -0.05) is 23.7 Å². The Hall–Kier alpha value is -1.04. The van der Waals surface area contributed by atoms with Crippen molar-refractivity contribution in [2.45, 2.75) is 11.9 Å². The maximum absolute atomic E-state index is 14.0. The number of nitrogens with zero attached hydrogens (tertiary/aromatic N) is 1. The average molecular weight is 328 g/mol. The molecule has 1 fully saturated rings. The Labute approximate surface area is 129 Å². The highest BCUT2D eigenvalue weighted by atomic mass is 35.5. The normalized spacial score (nSPS) is 18.8. The molecular formula is C14H11ClFNOS2. The first-order valence-electron chi connectivity index (χ1n) is 6.04. The molecule has 1 atom stereocenters. The van der Waals surface area contributed by atoms with Crippen molar-refractivity contribution >= 4 is 40.6 Å². The van der Waals surface area contributed by atoms with Gasteiger partial charge >= 0.3 is 0 Å². The molecule has 0 radical (unpaired) electrons. The second kappa shape index (κ2) is 5.76. The fourth-order valence-electron chi connectivity index (χ4n) is 2.18. The van der Waals surface area contributed by atoms with Crippen LogP contribution < -0.4 is 0 Å². The van der Waals surface area contributed by atoms with Crippen LogP contribution in [0.4, 0.5) is 4.39 Å². The lowest BCUT2D eigenvalue weighted by molar-refractivity contribution is -0.128. The fourth-order valence-corrected chi connectivity index (χ4v) is 4.46. The predicted octanol–water partition coefficient (Wildman–Crippen LogP) is 4.31. The lowest BCUT2D eigenvalue weighted by Gasteiger charge is -2.24. The maximum atomic E-state index is 14.0. The van der Waals surface area contributed by atoms with Crippen LogP contribution in [-0.2, 0) is 11.3 Å². The van der Waals surface area contributed by atoms with Crippen molar-refractivity contribution in [3.05, 3.63) is 57.0 Å². The molecule has 2 heterocycles. The van der Waals surface area contributed by atoms with Crippen LogP contribution in [0.5, 0.6) is 0 Å². The largest absolute Gasteiger partial charge is 0.321 e. The number of thiophene rings is 1. The number of benzene rings is 1. The maximum Gasteiger partial charge on any atom is 0.234 e. The van der Waals surface area contributed by atoms with Crippen LogP contribution in [0.15, 0.2) is 35.7 Å². The molecule has 1 amide bonds. The molecule has 1 aromatic carbocycles. The molecule has 0 bridgehead atoms. The second-order valence-corrected chi connectivity index (χ2v) is 6.91. The molecule has 0 spiro atoms. The van der Waals surface area contributed by atoms with Gasteiger partial charge in [0.15, 0.2) is 0 Å². The number of rotatable bonds is 3. The minimum Gasteiger partial charge on any atom is -0.321 e. The topological polar surface area (TPSA) is 20.3 Å². The molecule has 2 aromatic rings. The molecular weight excluding hydrogens is 317 g/mol. The first-order valence-corrected chi connectivity index (χ1v) is 8.35. The van der Waals surface area contributed by atoms with E-state index in [1.807, 2.05) is 17.5 Å². The molecule has 1 aromatic heterocycles. The van der Waals surface area contributed by atoms with Crippen molar-refractivity contribution in [2.24, 2.45) is 0 Å². The Kier molecular flexibility index (Phi) is 4.01. The van der Waals surface area contributed by atoms with Gasteiger partial charge in [0, 0.05) is 15.5 Å². The quantitative estimate of drug-likeness (QED) is 0.837. The van der Waals surface area contributed by atoms with E-state index in [1.54, 1.807) is 28.4 Å². The van der Waals surface area contributed by atoms with Gasteiger partial charge < -0.3 is 4.90 Å². The van der Waals surface area contributed by atoms with Gasteiger partial charge in [-0.05, 0) is 23.6 Å². The van der Waals surface area contributed by atoms with Crippen molar-refractivity contribution in [3.8, 4) is 0 Å². The van der Waals surface area contributed by atoms with Crippen molar-refractivity contribution in [2.75, 3.05) is 5.75 Å². The summed E-state index contributed by atoms with van der Waals surface area (Å²) in [4.78, 5) is 14.8. The molecule has 6 heteroatoms. The van der Waals surface area contributed by atoms with Crippen LogP contribution in [0.2, 0.25) is 5.02 Å². The predicted molar refractivity (Wildman–Crippen MR) is 81.5 cm³/mol. The third-order valence-electron chi connectivity index (χ3n) is 3.12. The number of carbonyl (C=O) groups is 1. The van der Waals surface area contributed by atoms with E-state index in [0.717, 1.165) is 4.88 Å². The number of halogens is 2. The van der Waals surface area contributed by atoms with E-state index in [-0.39, 0.29) is 17.1 Å². The van der Waals surface area contributed by atoms with Crippen LogP contribution in [-0.4, -0.2) is 16.6 Å². The summed E-state index contributed by atoms with van der Waals surface area (Å²) in [6, 6.07) is 8.53. The van der Waals surface area contributed by atoms with Crippen molar-refractivity contribution in [1.82, 2.24) is 4.90 Å². The summed E-state index contributed by atoms with van der Waals surface area (Å²) in [6.07, 6.45) is 0. The number of amides is 1. The summed E-state index contributed by atoms with van der Waals surface area (Å²) in [6.45, 7) is 0.499. The zero-order valence-electron chi connectivity index (χ0n) is 10.4. The van der Waals surface area contributed by atoms with Gasteiger partial charge in [0.05, 0.1) is 12.3 Å². The van der Waals surface area contributed by atoms with E-state index in [1.165, 1.54) is 17.8 Å². The van der Waals surface area contributed by atoms with E-state index in [2.05, 4.69) is 0 Å². The Balaban J connectivity index is 1.93. The molecule has 0 saturated carbocycles. The first kappa shape index (κ1) is 13.9. The minimum atomic E-state index is -0.360. The molecule has 1 unspecified atom stereocenters. The van der Waals surface area contributed by atoms with Gasteiger partial charge in [0.1, 0.15) is 11.2 Å². The minimum absolute atomic E-state index is 0.0210. The van der Waals surface area contributed by atoms with Crippen LogP contribution in [0.1, 0.15) is 15.8 Å². The summed E-state index contributed by atoms with van der Waals surface area (Å²) >= 11 is 9.12. The number of carbonyl (C=O) groups excluding carboxylic acids is 1. The molecule has 3 rings (SSSR count). The Morgan fingerprint density at radius 3 is 2.90 bits per heavy atom. The van der Waals surface area contributed by atoms with E-state index in [9.17, 15) is 9.18 Å². The standard InChI is InChI=1S/C14H11ClFNOS2/c15-10-4-1-5-11(16)13(10)14-17(12(18)8-20-14)7-9-3-2-6-19-9/h1-6,14H,7-8H2. The summed E-state index contributed by atoms with van der Waals surface area (Å²) in [7, 11) is 0. The summed E-state index contributed by atoms with van der Waals surface area (Å²) in [5.41, 5.74) is 0.404. The monoisotopic (exact) mass is 327 g/mol.